The zero-order chi connectivity index (χ0) is 14.3. The molecule has 1 amide bonds. The van der Waals surface area contributed by atoms with Crippen molar-refractivity contribution in [2.45, 2.75) is 26.7 Å². The van der Waals surface area contributed by atoms with Gasteiger partial charge in [-0.05, 0) is 36.1 Å². The summed E-state index contributed by atoms with van der Waals surface area (Å²) in [6.45, 7) is 7.44. The molecule has 0 aliphatic rings. The quantitative estimate of drug-likeness (QED) is 0.790. The van der Waals surface area contributed by atoms with E-state index >= 15 is 0 Å². The van der Waals surface area contributed by atoms with Gasteiger partial charge in [-0.3, -0.25) is 4.79 Å². The number of benzene rings is 1. The minimum atomic E-state index is -0.116. The third kappa shape index (κ3) is 5.75. The maximum atomic E-state index is 11.6. The van der Waals surface area contributed by atoms with Crippen molar-refractivity contribution < 1.29 is 9.53 Å². The highest BCUT2D eigenvalue weighted by Crippen LogP contribution is 2.19. The second-order valence-corrected chi connectivity index (χ2v) is 5.16. The topological polar surface area (TPSA) is 64.3 Å². The third-order valence-corrected chi connectivity index (χ3v) is 2.94. The lowest BCUT2D eigenvalue weighted by atomic mass is 10.0. The second kappa shape index (κ2) is 7.79. The van der Waals surface area contributed by atoms with Crippen LogP contribution in [-0.4, -0.2) is 25.6 Å². The van der Waals surface area contributed by atoms with Crippen LogP contribution >= 0.6 is 0 Å². The lowest BCUT2D eigenvalue weighted by molar-refractivity contribution is -0.123. The molecule has 4 nitrogen and oxygen atoms in total. The Hall–Kier alpha value is -1.55. The van der Waals surface area contributed by atoms with Crippen LogP contribution in [0, 0.1) is 5.92 Å². The number of amides is 1. The molecule has 106 valence electrons. The SMILES string of the molecule is CC(CN)CNC(=O)COc1cccc(C(C)C)c1. The first-order valence-corrected chi connectivity index (χ1v) is 6.72. The second-order valence-electron chi connectivity index (χ2n) is 5.16. The van der Waals surface area contributed by atoms with Crippen molar-refractivity contribution >= 4 is 5.91 Å². The van der Waals surface area contributed by atoms with Gasteiger partial charge in [-0.25, -0.2) is 0 Å². The van der Waals surface area contributed by atoms with E-state index in [2.05, 4.69) is 25.2 Å². The van der Waals surface area contributed by atoms with Gasteiger partial charge in [0.05, 0.1) is 0 Å². The Kier molecular flexibility index (Phi) is 6.36. The predicted molar refractivity (Wildman–Crippen MR) is 77.3 cm³/mol. The van der Waals surface area contributed by atoms with Crippen LogP contribution in [0.1, 0.15) is 32.3 Å². The number of ether oxygens (including phenoxy) is 1. The molecule has 4 heteroatoms. The first-order valence-electron chi connectivity index (χ1n) is 6.72. The van der Waals surface area contributed by atoms with Crippen molar-refractivity contribution in [3.8, 4) is 5.75 Å². The van der Waals surface area contributed by atoms with Crippen LogP contribution in [0.5, 0.6) is 5.75 Å². The summed E-state index contributed by atoms with van der Waals surface area (Å²) in [4.78, 5) is 11.6. The zero-order valence-corrected chi connectivity index (χ0v) is 12.0. The molecule has 0 bridgehead atoms. The van der Waals surface area contributed by atoms with E-state index in [0.29, 0.717) is 19.0 Å². The van der Waals surface area contributed by atoms with Crippen LogP contribution in [0.4, 0.5) is 0 Å². The van der Waals surface area contributed by atoms with Crippen molar-refractivity contribution in [3.05, 3.63) is 29.8 Å². The summed E-state index contributed by atoms with van der Waals surface area (Å²) in [5.74, 6) is 1.35. The normalized spacial score (nSPS) is 12.3. The summed E-state index contributed by atoms with van der Waals surface area (Å²) >= 11 is 0. The van der Waals surface area contributed by atoms with Crippen LogP contribution in [0.25, 0.3) is 0 Å². The van der Waals surface area contributed by atoms with Gasteiger partial charge in [-0.15, -0.1) is 0 Å². The summed E-state index contributed by atoms with van der Waals surface area (Å²) in [6, 6.07) is 7.84. The molecular formula is C15H24N2O2. The van der Waals surface area contributed by atoms with Crippen molar-refractivity contribution in [2.24, 2.45) is 11.7 Å². The average Bonchev–Trinajstić information content (AvgIpc) is 2.42. The molecule has 3 N–H and O–H groups in total. The fraction of sp³-hybridized carbons (Fsp3) is 0.533. The molecule has 1 atom stereocenters. The van der Waals surface area contributed by atoms with Crippen molar-refractivity contribution in [1.82, 2.24) is 5.32 Å². The van der Waals surface area contributed by atoms with Crippen LogP contribution in [0.2, 0.25) is 0 Å². The summed E-state index contributed by atoms with van der Waals surface area (Å²) in [5, 5.41) is 2.80. The van der Waals surface area contributed by atoms with Gasteiger partial charge in [0.25, 0.3) is 5.91 Å². The molecule has 0 aromatic heterocycles. The van der Waals surface area contributed by atoms with E-state index in [4.69, 9.17) is 10.5 Å². The predicted octanol–water partition coefficient (Wildman–Crippen LogP) is 1.90. The van der Waals surface area contributed by atoms with E-state index in [1.807, 2.05) is 25.1 Å². The van der Waals surface area contributed by atoms with Gasteiger partial charge in [-0.1, -0.05) is 32.9 Å². The fourth-order valence-electron chi connectivity index (χ4n) is 1.53. The highest BCUT2D eigenvalue weighted by Gasteiger charge is 2.06. The number of carbonyl (C=O) groups excluding carboxylic acids is 1. The number of carbonyl (C=O) groups is 1. The Labute approximate surface area is 115 Å². The Balaban J connectivity index is 2.39. The Bertz CT molecular complexity index is 405. The van der Waals surface area contributed by atoms with Gasteiger partial charge in [0.1, 0.15) is 5.75 Å². The molecule has 1 aromatic rings. The monoisotopic (exact) mass is 264 g/mol. The van der Waals surface area contributed by atoms with Crippen LogP contribution in [0.3, 0.4) is 0 Å². The molecule has 0 fully saturated rings. The van der Waals surface area contributed by atoms with E-state index in [-0.39, 0.29) is 18.4 Å². The van der Waals surface area contributed by atoms with Gasteiger partial charge in [0.2, 0.25) is 0 Å². The summed E-state index contributed by atoms with van der Waals surface area (Å²) in [6.07, 6.45) is 0. The number of rotatable bonds is 7. The molecule has 0 spiro atoms. The maximum Gasteiger partial charge on any atom is 0.257 e. The minimum absolute atomic E-state index is 0.0405. The van der Waals surface area contributed by atoms with Crippen molar-refractivity contribution in [1.29, 1.82) is 0 Å². The number of hydrogen-bond acceptors (Lipinski definition) is 3. The van der Waals surface area contributed by atoms with Crippen LogP contribution < -0.4 is 15.8 Å². The van der Waals surface area contributed by atoms with E-state index < -0.39 is 0 Å². The lowest BCUT2D eigenvalue weighted by Crippen LogP contribution is -2.34. The maximum absolute atomic E-state index is 11.6. The summed E-state index contributed by atoms with van der Waals surface area (Å²) in [7, 11) is 0. The van der Waals surface area contributed by atoms with E-state index in [1.54, 1.807) is 0 Å². The molecular weight excluding hydrogens is 240 g/mol. The minimum Gasteiger partial charge on any atom is -0.484 e. The molecule has 1 rings (SSSR count). The standard InChI is InChI=1S/C15H24N2O2/c1-11(2)13-5-4-6-14(7-13)19-10-15(18)17-9-12(3)8-16/h4-7,11-12H,8-10,16H2,1-3H3,(H,17,18). The Morgan fingerprint density at radius 3 is 2.74 bits per heavy atom. The van der Waals surface area contributed by atoms with Crippen molar-refractivity contribution in [3.63, 3.8) is 0 Å². The number of hydrogen-bond donors (Lipinski definition) is 2. The van der Waals surface area contributed by atoms with Gasteiger partial charge < -0.3 is 15.8 Å². The lowest BCUT2D eigenvalue weighted by Gasteiger charge is -2.12. The van der Waals surface area contributed by atoms with Gasteiger partial charge >= 0.3 is 0 Å². The molecule has 1 unspecified atom stereocenters. The van der Waals surface area contributed by atoms with Crippen LogP contribution in [0.15, 0.2) is 24.3 Å². The van der Waals surface area contributed by atoms with E-state index in [9.17, 15) is 4.79 Å². The Morgan fingerprint density at radius 2 is 2.11 bits per heavy atom. The molecule has 0 saturated heterocycles. The average molecular weight is 264 g/mol. The fourth-order valence-corrected chi connectivity index (χ4v) is 1.53. The summed E-state index contributed by atoms with van der Waals surface area (Å²) < 4.78 is 5.48. The highest BCUT2D eigenvalue weighted by molar-refractivity contribution is 5.77. The first-order chi connectivity index (χ1) is 9.02. The zero-order valence-electron chi connectivity index (χ0n) is 12.0. The largest absolute Gasteiger partial charge is 0.484 e. The molecule has 1 aromatic carbocycles. The molecule has 0 saturated carbocycles. The molecule has 0 radical (unpaired) electrons. The van der Waals surface area contributed by atoms with Crippen LogP contribution in [-0.2, 0) is 4.79 Å². The van der Waals surface area contributed by atoms with Gasteiger partial charge in [0.15, 0.2) is 6.61 Å². The highest BCUT2D eigenvalue weighted by atomic mass is 16.5. The van der Waals surface area contributed by atoms with Crippen molar-refractivity contribution in [2.75, 3.05) is 19.7 Å². The number of nitrogens with two attached hydrogens (primary N) is 1. The van der Waals surface area contributed by atoms with E-state index in [1.165, 1.54) is 5.56 Å². The molecule has 19 heavy (non-hydrogen) atoms. The first kappa shape index (κ1) is 15.5. The third-order valence-electron chi connectivity index (χ3n) is 2.94. The van der Waals surface area contributed by atoms with E-state index in [0.717, 1.165) is 5.75 Å². The molecule has 0 aliphatic carbocycles. The molecule has 0 heterocycles. The summed E-state index contributed by atoms with van der Waals surface area (Å²) in [5.41, 5.74) is 6.69. The molecule has 0 aliphatic heterocycles. The van der Waals surface area contributed by atoms with Gasteiger partial charge in [-0.2, -0.15) is 0 Å². The Morgan fingerprint density at radius 1 is 1.37 bits per heavy atom. The van der Waals surface area contributed by atoms with Gasteiger partial charge in [0, 0.05) is 6.54 Å². The number of nitrogens with one attached hydrogen (secondary N) is 1. The smallest absolute Gasteiger partial charge is 0.257 e.